The Balaban J connectivity index is 1.65. The van der Waals surface area contributed by atoms with E-state index < -0.39 is 0 Å². The lowest BCUT2D eigenvalue weighted by atomic mass is 9.67. The van der Waals surface area contributed by atoms with E-state index in [0.29, 0.717) is 11.3 Å². The van der Waals surface area contributed by atoms with Crippen LogP contribution in [0.25, 0.3) is 0 Å². The first-order chi connectivity index (χ1) is 9.22. The van der Waals surface area contributed by atoms with Crippen molar-refractivity contribution < 1.29 is 0 Å². The van der Waals surface area contributed by atoms with Gasteiger partial charge in [-0.3, -0.25) is 0 Å². The van der Waals surface area contributed by atoms with Gasteiger partial charge in [0.2, 0.25) is 0 Å². The normalized spacial score (nSPS) is 29.3. The third-order valence-corrected chi connectivity index (χ3v) is 5.13. The first-order valence-corrected chi connectivity index (χ1v) is 8.68. The summed E-state index contributed by atoms with van der Waals surface area (Å²) >= 11 is 6.36. The summed E-state index contributed by atoms with van der Waals surface area (Å²) in [7, 11) is 0. The molecular weight excluding hydrogens is 252 g/mol. The van der Waals surface area contributed by atoms with Crippen LogP contribution in [0.3, 0.4) is 0 Å². The van der Waals surface area contributed by atoms with Crippen molar-refractivity contribution in [3.8, 4) is 0 Å². The molecule has 0 aromatic carbocycles. The Morgan fingerprint density at radius 1 is 1.05 bits per heavy atom. The highest BCUT2D eigenvalue weighted by Gasteiger charge is 2.38. The van der Waals surface area contributed by atoms with E-state index in [-0.39, 0.29) is 0 Å². The van der Waals surface area contributed by atoms with Crippen LogP contribution in [0.15, 0.2) is 23.3 Å². The zero-order valence-corrected chi connectivity index (χ0v) is 13.4. The Hall–Kier alpha value is -0.230. The molecule has 0 amide bonds. The molecule has 1 heteroatoms. The standard InChI is InChI=1S/C18H29Cl/c1-3-4-5-6-7-8-9-10-15-11-14(2)12-16-13-17(19)18(15)16/h11,13,15,17-18H,3-10,12H2,1-2H3/t15?,17?,18-/m0/s1. The molecule has 0 saturated carbocycles. The SMILES string of the molecule is CCCCCCCCCC1C=C(C)CC2=CC(Cl)[C@H]21. The molecule has 3 atom stereocenters. The monoisotopic (exact) mass is 280 g/mol. The van der Waals surface area contributed by atoms with Crippen molar-refractivity contribution in [3.63, 3.8) is 0 Å². The van der Waals surface area contributed by atoms with Crippen LogP contribution < -0.4 is 0 Å². The van der Waals surface area contributed by atoms with E-state index in [0.717, 1.165) is 5.92 Å². The fourth-order valence-corrected chi connectivity index (χ4v) is 4.15. The van der Waals surface area contributed by atoms with Crippen molar-refractivity contribution in [1.82, 2.24) is 0 Å². The smallest absolute Gasteiger partial charge is 0.0589 e. The molecular formula is C18H29Cl. The van der Waals surface area contributed by atoms with E-state index in [1.807, 2.05) is 0 Å². The van der Waals surface area contributed by atoms with Crippen molar-refractivity contribution in [3.05, 3.63) is 23.3 Å². The number of hydrogen-bond acceptors (Lipinski definition) is 0. The predicted octanol–water partition coefficient (Wildman–Crippen LogP) is 6.26. The number of allylic oxidation sites excluding steroid dienone is 4. The molecule has 19 heavy (non-hydrogen) atoms. The predicted molar refractivity (Wildman–Crippen MR) is 85.7 cm³/mol. The van der Waals surface area contributed by atoms with Gasteiger partial charge in [-0.25, -0.2) is 0 Å². The summed E-state index contributed by atoms with van der Waals surface area (Å²) in [4.78, 5) is 0. The minimum Gasteiger partial charge on any atom is -0.118 e. The van der Waals surface area contributed by atoms with Gasteiger partial charge in [-0.1, -0.05) is 75.2 Å². The van der Waals surface area contributed by atoms with Gasteiger partial charge in [0.1, 0.15) is 0 Å². The van der Waals surface area contributed by atoms with Crippen molar-refractivity contribution >= 4 is 11.6 Å². The van der Waals surface area contributed by atoms with E-state index in [9.17, 15) is 0 Å². The molecule has 2 rings (SSSR count). The lowest BCUT2D eigenvalue weighted by molar-refractivity contribution is 0.364. The Morgan fingerprint density at radius 3 is 2.42 bits per heavy atom. The first kappa shape index (κ1) is 15.2. The Labute approximate surface area is 124 Å². The van der Waals surface area contributed by atoms with Crippen molar-refractivity contribution in [1.29, 1.82) is 0 Å². The lowest BCUT2D eigenvalue weighted by Gasteiger charge is -2.41. The molecule has 0 heterocycles. The molecule has 0 N–H and O–H groups in total. The Morgan fingerprint density at radius 2 is 1.74 bits per heavy atom. The van der Waals surface area contributed by atoms with Gasteiger partial charge in [0.05, 0.1) is 5.38 Å². The summed E-state index contributed by atoms with van der Waals surface area (Å²) in [5.74, 6) is 1.40. The van der Waals surface area contributed by atoms with Crippen LogP contribution in [0.2, 0.25) is 0 Å². The number of halogens is 1. The number of unbranched alkanes of at least 4 members (excludes halogenated alkanes) is 6. The van der Waals surface area contributed by atoms with Crippen molar-refractivity contribution in [2.45, 2.75) is 77.0 Å². The molecule has 0 nitrogen and oxygen atoms in total. The molecule has 2 aliphatic rings. The molecule has 0 aromatic heterocycles. The number of fused-ring (bicyclic) bond motifs is 1. The zero-order valence-electron chi connectivity index (χ0n) is 12.6. The number of hydrogen-bond donors (Lipinski definition) is 0. The second kappa shape index (κ2) is 7.53. The molecule has 0 aliphatic heterocycles. The second-order valence-electron chi connectivity index (χ2n) is 6.48. The van der Waals surface area contributed by atoms with Gasteiger partial charge in [-0.15, -0.1) is 11.6 Å². The van der Waals surface area contributed by atoms with Gasteiger partial charge in [-0.2, -0.15) is 0 Å². The second-order valence-corrected chi connectivity index (χ2v) is 6.98. The number of alkyl halides is 1. The van der Waals surface area contributed by atoms with Gasteiger partial charge >= 0.3 is 0 Å². The third-order valence-electron chi connectivity index (χ3n) is 4.73. The van der Waals surface area contributed by atoms with E-state index >= 15 is 0 Å². The molecule has 0 spiro atoms. The average molecular weight is 281 g/mol. The Kier molecular flexibility index (Phi) is 6.01. The highest BCUT2D eigenvalue weighted by Crippen LogP contribution is 2.46. The fraction of sp³-hybridized carbons (Fsp3) is 0.778. The van der Waals surface area contributed by atoms with Gasteiger partial charge in [-0.05, 0) is 25.7 Å². The molecule has 0 fully saturated rings. The van der Waals surface area contributed by atoms with Crippen molar-refractivity contribution in [2.75, 3.05) is 0 Å². The summed E-state index contributed by atoms with van der Waals surface area (Å²) in [5, 5.41) is 0.314. The van der Waals surface area contributed by atoms with E-state index in [2.05, 4.69) is 26.0 Å². The van der Waals surface area contributed by atoms with E-state index in [1.54, 1.807) is 11.1 Å². The quantitative estimate of drug-likeness (QED) is 0.280. The maximum absolute atomic E-state index is 6.36. The molecule has 2 aliphatic carbocycles. The van der Waals surface area contributed by atoms with Gasteiger partial charge in [0.25, 0.3) is 0 Å². The fourth-order valence-electron chi connectivity index (χ4n) is 3.64. The van der Waals surface area contributed by atoms with Crippen LogP contribution in [0.4, 0.5) is 0 Å². The molecule has 0 radical (unpaired) electrons. The summed E-state index contributed by atoms with van der Waals surface area (Å²) in [6.45, 7) is 4.56. The van der Waals surface area contributed by atoms with Gasteiger partial charge in [0.15, 0.2) is 0 Å². The summed E-state index contributed by atoms with van der Waals surface area (Å²) in [6.07, 6.45) is 17.1. The zero-order chi connectivity index (χ0) is 13.7. The van der Waals surface area contributed by atoms with Crippen molar-refractivity contribution in [2.24, 2.45) is 11.8 Å². The summed E-state index contributed by atoms with van der Waals surface area (Å²) in [5.41, 5.74) is 3.17. The maximum Gasteiger partial charge on any atom is 0.0589 e. The Bertz CT molecular complexity index is 340. The topological polar surface area (TPSA) is 0 Å². The first-order valence-electron chi connectivity index (χ1n) is 8.24. The maximum atomic E-state index is 6.36. The van der Waals surface area contributed by atoms with Gasteiger partial charge < -0.3 is 0 Å². The van der Waals surface area contributed by atoms with Crippen LogP contribution in [-0.4, -0.2) is 5.38 Å². The molecule has 0 saturated heterocycles. The summed E-state index contributed by atoms with van der Waals surface area (Å²) < 4.78 is 0. The average Bonchev–Trinajstić information content (AvgIpc) is 2.36. The highest BCUT2D eigenvalue weighted by atomic mass is 35.5. The van der Waals surface area contributed by atoms with Crippen LogP contribution in [0.1, 0.15) is 71.6 Å². The minimum atomic E-state index is 0.314. The van der Waals surface area contributed by atoms with Crippen LogP contribution in [0, 0.1) is 11.8 Å². The van der Waals surface area contributed by atoms with Gasteiger partial charge in [0, 0.05) is 5.92 Å². The molecule has 2 unspecified atom stereocenters. The van der Waals surface area contributed by atoms with Crippen LogP contribution >= 0.6 is 11.6 Å². The van der Waals surface area contributed by atoms with E-state index in [4.69, 9.17) is 11.6 Å². The summed E-state index contributed by atoms with van der Waals surface area (Å²) in [6, 6.07) is 0. The van der Waals surface area contributed by atoms with E-state index in [1.165, 1.54) is 57.8 Å². The minimum absolute atomic E-state index is 0.314. The molecule has 0 bridgehead atoms. The molecule has 108 valence electrons. The van der Waals surface area contributed by atoms with Crippen LogP contribution in [-0.2, 0) is 0 Å². The number of rotatable bonds is 8. The third kappa shape index (κ3) is 4.12. The van der Waals surface area contributed by atoms with Crippen LogP contribution in [0.5, 0.6) is 0 Å². The lowest BCUT2D eigenvalue weighted by Crippen LogP contribution is -2.34. The molecule has 0 aromatic rings. The highest BCUT2D eigenvalue weighted by molar-refractivity contribution is 6.23. The largest absolute Gasteiger partial charge is 0.118 e.